The number of hydrogen-bond donors (Lipinski definition) is 0. The molecule has 338 valence electrons. The number of unbranched alkanes of at least 4 members (excludes halogenated alkanes) is 30. The molecule has 0 saturated carbocycles. The van der Waals surface area contributed by atoms with E-state index < -0.39 is 6.10 Å². The number of rotatable bonds is 45. The highest BCUT2D eigenvalue weighted by Gasteiger charge is 2.19. The first-order valence-corrected chi connectivity index (χ1v) is 25.2. The maximum Gasteiger partial charge on any atom is 0.306 e. The molecular weight excluding hydrogens is 709 g/mol. The molecule has 0 spiro atoms. The molecule has 0 N–H and O–H groups in total. The highest BCUT2D eigenvalue weighted by atomic mass is 16.6. The fourth-order valence-corrected chi connectivity index (χ4v) is 7.64. The largest absolute Gasteiger partial charge is 0.462 e. The molecule has 0 aromatic carbocycles. The summed E-state index contributed by atoms with van der Waals surface area (Å²) in [5, 5.41) is 0. The fraction of sp³-hybridized carbons (Fsp3) is 0.941. The number of carbonyl (C=O) groups is 3. The molecular formula is C51H98O6. The van der Waals surface area contributed by atoms with Crippen LogP contribution in [0.15, 0.2) is 0 Å². The second kappa shape index (κ2) is 44.0. The third-order valence-electron chi connectivity index (χ3n) is 11.5. The van der Waals surface area contributed by atoms with Gasteiger partial charge in [0.2, 0.25) is 0 Å². The van der Waals surface area contributed by atoms with Gasteiger partial charge >= 0.3 is 17.9 Å². The lowest BCUT2D eigenvalue weighted by molar-refractivity contribution is -0.167. The van der Waals surface area contributed by atoms with Crippen LogP contribution in [0.2, 0.25) is 0 Å². The van der Waals surface area contributed by atoms with E-state index in [2.05, 4.69) is 34.6 Å². The first-order chi connectivity index (χ1) is 27.7. The number of carbonyl (C=O) groups excluding carboxylic acids is 3. The van der Waals surface area contributed by atoms with Crippen LogP contribution in [0.1, 0.15) is 279 Å². The van der Waals surface area contributed by atoms with Crippen molar-refractivity contribution in [2.75, 3.05) is 13.2 Å². The van der Waals surface area contributed by atoms with Gasteiger partial charge in [-0.1, -0.05) is 240 Å². The summed E-state index contributed by atoms with van der Waals surface area (Å²) in [5.74, 6) is 0.792. The molecule has 0 fully saturated rings. The normalized spacial score (nSPS) is 12.1. The molecule has 0 radical (unpaired) electrons. The lowest BCUT2D eigenvalue weighted by atomic mass is 10.0. The number of ether oxygens (including phenoxy) is 3. The SMILES string of the molecule is CCCCCCCCCCCC(=O)OC[C@@H](COC(=O)CCCCCCCCCCCCCCCCCCC(C)C)OC(=O)CCCCCCCCCCC(C)C. The lowest BCUT2D eigenvalue weighted by Crippen LogP contribution is -2.30. The molecule has 1 atom stereocenters. The molecule has 57 heavy (non-hydrogen) atoms. The lowest BCUT2D eigenvalue weighted by Gasteiger charge is -2.18. The minimum Gasteiger partial charge on any atom is -0.462 e. The van der Waals surface area contributed by atoms with Crippen LogP contribution in [0.4, 0.5) is 0 Å². The Morgan fingerprint density at radius 1 is 0.333 bits per heavy atom. The van der Waals surface area contributed by atoms with Gasteiger partial charge in [-0.05, 0) is 31.1 Å². The Balaban J connectivity index is 4.21. The van der Waals surface area contributed by atoms with Crippen LogP contribution >= 0.6 is 0 Å². The monoisotopic (exact) mass is 807 g/mol. The van der Waals surface area contributed by atoms with Gasteiger partial charge in [-0.3, -0.25) is 14.4 Å². The van der Waals surface area contributed by atoms with Crippen molar-refractivity contribution in [2.45, 2.75) is 285 Å². The van der Waals surface area contributed by atoms with Crippen LogP contribution in [-0.4, -0.2) is 37.2 Å². The minimum atomic E-state index is -0.760. The van der Waals surface area contributed by atoms with Crippen molar-refractivity contribution in [3.8, 4) is 0 Å². The van der Waals surface area contributed by atoms with E-state index in [4.69, 9.17) is 14.2 Å². The third-order valence-corrected chi connectivity index (χ3v) is 11.5. The summed E-state index contributed by atoms with van der Waals surface area (Å²) in [4.78, 5) is 37.8. The van der Waals surface area contributed by atoms with E-state index >= 15 is 0 Å². The van der Waals surface area contributed by atoms with Crippen LogP contribution in [-0.2, 0) is 28.6 Å². The van der Waals surface area contributed by atoms with Crippen LogP contribution in [0, 0.1) is 11.8 Å². The van der Waals surface area contributed by atoms with Gasteiger partial charge in [-0.2, -0.15) is 0 Å². The Bertz CT molecular complexity index is 870. The van der Waals surface area contributed by atoms with Crippen molar-refractivity contribution in [3.05, 3.63) is 0 Å². The smallest absolute Gasteiger partial charge is 0.306 e. The quantitative estimate of drug-likeness (QED) is 0.0346. The molecule has 0 aliphatic carbocycles. The second-order valence-electron chi connectivity index (χ2n) is 18.4. The van der Waals surface area contributed by atoms with Gasteiger partial charge in [-0.25, -0.2) is 0 Å². The topological polar surface area (TPSA) is 78.9 Å². The first-order valence-electron chi connectivity index (χ1n) is 25.2. The number of hydrogen-bond acceptors (Lipinski definition) is 6. The number of esters is 3. The van der Waals surface area contributed by atoms with Crippen LogP contribution < -0.4 is 0 Å². The Hall–Kier alpha value is -1.59. The molecule has 0 unspecified atom stereocenters. The maximum atomic E-state index is 12.7. The van der Waals surface area contributed by atoms with Crippen LogP contribution in [0.25, 0.3) is 0 Å². The van der Waals surface area contributed by atoms with Crippen molar-refractivity contribution in [1.82, 2.24) is 0 Å². The average Bonchev–Trinajstić information content (AvgIpc) is 3.18. The van der Waals surface area contributed by atoms with Crippen LogP contribution in [0.3, 0.4) is 0 Å². The van der Waals surface area contributed by atoms with E-state index in [1.807, 2.05) is 0 Å². The summed E-state index contributed by atoms with van der Waals surface area (Å²) in [6.07, 6.45) is 43.9. The fourth-order valence-electron chi connectivity index (χ4n) is 7.64. The van der Waals surface area contributed by atoms with Crippen LogP contribution in [0.5, 0.6) is 0 Å². The van der Waals surface area contributed by atoms with E-state index in [1.165, 1.54) is 167 Å². The molecule has 0 saturated heterocycles. The molecule has 0 aromatic heterocycles. The maximum absolute atomic E-state index is 12.7. The van der Waals surface area contributed by atoms with Gasteiger partial charge in [0, 0.05) is 19.3 Å². The van der Waals surface area contributed by atoms with Crippen molar-refractivity contribution >= 4 is 17.9 Å². The molecule has 6 heteroatoms. The van der Waals surface area contributed by atoms with E-state index in [9.17, 15) is 14.4 Å². The molecule has 6 nitrogen and oxygen atoms in total. The molecule has 0 rings (SSSR count). The Labute approximate surface area is 355 Å². The summed E-state index contributed by atoms with van der Waals surface area (Å²) < 4.78 is 16.7. The highest BCUT2D eigenvalue weighted by Crippen LogP contribution is 2.17. The summed E-state index contributed by atoms with van der Waals surface area (Å²) in [6, 6.07) is 0. The second-order valence-corrected chi connectivity index (χ2v) is 18.4. The van der Waals surface area contributed by atoms with Crippen molar-refractivity contribution < 1.29 is 28.6 Å². The minimum absolute atomic E-state index is 0.0643. The summed E-state index contributed by atoms with van der Waals surface area (Å²) >= 11 is 0. The zero-order chi connectivity index (χ0) is 41.9. The van der Waals surface area contributed by atoms with Gasteiger partial charge in [0.15, 0.2) is 6.10 Å². The van der Waals surface area contributed by atoms with E-state index in [1.54, 1.807) is 0 Å². The predicted molar refractivity (Wildman–Crippen MR) is 243 cm³/mol. The Morgan fingerprint density at radius 2 is 0.579 bits per heavy atom. The van der Waals surface area contributed by atoms with E-state index in [0.717, 1.165) is 69.6 Å². The van der Waals surface area contributed by atoms with E-state index in [-0.39, 0.29) is 31.1 Å². The van der Waals surface area contributed by atoms with Crippen molar-refractivity contribution in [2.24, 2.45) is 11.8 Å². The zero-order valence-corrected chi connectivity index (χ0v) is 39.0. The Morgan fingerprint density at radius 3 is 0.860 bits per heavy atom. The standard InChI is InChI=1S/C51H98O6/c1-6-7-8-9-10-19-26-31-36-41-49(52)55-44-48(57-51(54)43-38-33-28-23-22-25-30-35-40-47(4)5)45-56-50(53)42-37-32-27-21-18-16-14-12-11-13-15-17-20-24-29-34-39-46(2)3/h46-48H,6-45H2,1-5H3/t48-/m0/s1. The van der Waals surface area contributed by atoms with Gasteiger partial charge in [0.05, 0.1) is 0 Å². The summed E-state index contributed by atoms with van der Waals surface area (Å²) in [7, 11) is 0. The average molecular weight is 807 g/mol. The summed E-state index contributed by atoms with van der Waals surface area (Å²) in [5.41, 5.74) is 0. The molecule has 0 heterocycles. The third kappa shape index (κ3) is 45.3. The van der Waals surface area contributed by atoms with Gasteiger partial charge < -0.3 is 14.2 Å². The molecule has 0 aliphatic heterocycles. The van der Waals surface area contributed by atoms with Gasteiger partial charge in [-0.15, -0.1) is 0 Å². The molecule has 0 aromatic rings. The molecule has 0 aliphatic rings. The highest BCUT2D eigenvalue weighted by molar-refractivity contribution is 5.71. The van der Waals surface area contributed by atoms with Crippen molar-refractivity contribution in [1.29, 1.82) is 0 Å². The van der Waals surface area contributed by atoms with Crippen molar-refractivity contribution in [3.63, 3.8) is 0 Å². The first kappa shape index (κ1) is 55.4. The predicted octanol–water partition coefficient (Wildman–Crippen LogP) is 16.1. The van der Waals surface area contributed by atoms with E-state index in [0.29, 0.717) is 19.3 Å². The summed E-state index contributed by atoms with van der Waals surface area (Å²) in [6.45, 7) is 11.3. The van der Waals surface area contributed by atoms with Gasteiger partial charge in [0.25, 0.3) is 0 Å². The molecule has 0 bridgehead atoms. The van der Waals surface area contributed by atoms with Gasteiger partial charge in [0.1, 0.15) is 13.2 Å². The zero-order valence-electron chi connectivity index (χ0n) is 39.0. The Kier molecular flexibility index (Phi) is 42.7. The molecule has 0 amide bonds.